The third-order valence-electron chi connectivity index (χ3n) is 5.54. The molecule has 3 rings (SSSR count). The minimum Gasteiger partial charge on any atom is -0.466 e. The SMILES string of the molecule is COC(=O)C1=C(C[NH+]2CC[NH+](C)CC2)NC(=O)N[C@H]1c1cc(C)ccc1C. The van der Waals surface area contributed by atoms with E-state index in [4.69, 9.17) is 4.74 Å². The number of ether oxygens (including phenoxy) is 1. The molecular formula is C20H30N4O3+2. The van der Waals surface area contributed by atoms with Gasteiger partial charge in [-0.3, -0.25) is 0 Å². The molecule has 1 fully saturated rings. The lowest BCUT2D eigenvalue weighted by Gasteiger charge is -2.33. The van der Waals surface area contributed by atoms with Crippen molar-refractivity contribution in [1.82, 2.24) is 10.6 Å². The highest BCUT2D eigenvalue weighted by molar-refractivity contribution is 5.95. The molecular weight excluding hydrogens is 344 g/mol. The zero-order chi connectivity index (χ0) is 19.6. The fourth-order valence-corrected chi connectivity index (χ4v) is 3.87. The monoisotopic (exact) mass is 374 g/mol. The summed E-state index contributed by atoms with van der Waals surface area (Å²) in [6, 6.07) is 5.29. The van der Waals surface area contributed by atoms with Crippen LogP contribution in [-0.2, 0) is 9.53 Å². The maximum atomic E-state index is 12.7. The average molecular weight is 374 g/mol. The Morgan fingerprint density at radius 3 is 2.59 bits per heavy atom. The van der Waals surface area contributed by atoms with Crippen LogP contribution in [0.5, 0.6) is 0 Å². The maximum absolute atomic E-state index is 12.7. The summed E-state index contributed by atoms with van der Waals surface area (Å²) < 4.78 is 5.08. The normalized spacial score (nSPS) is 25.6. The largest absolute Gasteiger partial charge is 0.466 e. The van der Waals surface area contributed by atoms with Crippen molar-refractivity contribution < 1.29 is 24.1 Å². The highest BCUT2D eigenvalue weighted by Crippen LogP contribution is 2.30. The Bertz CT molecular complexity index is 766. The Labute approximate surface area is 160 Å². The van der Waals surface area contributed by atoms with E-state index in [-0.39, 0.29) is 6.03 Å². The summed E-state index contributed by atoms with van der Waals surface area (Å²) in [5.41, 5.74) is 4.22. The summed E-state index contributed by atoms with van der Waals surface area (Å²) in [6.07, 6.45) is 0. The predicted octanol–water partition coefficient (Wildman–Crippen LogP) is -1.50. The molecule has 1 atom stereocenters. The number of hydrogen-bond acceptors (Lipinski definition) is 3. The Balaban J connectivity index is 1.99. The van der Waals surface area contributed by atoms with Crippen LogP contribution < -0.4 is 20.4 Å². The molecule has 7 heteroatoms. The molecule has 27 heavy (non-hydrogen) atoms. The van der Waals surface area contributed by atoms with Gasteiger partial charge in [0.25, 0.3) is 0 Å². The second kappa shape index (κ2) is 8.10. The van der Waals surface area contributed by atoms with Crippen LogP contribution in [0.3, 0.4) is 0 Å². The maximum Gasteiger partial charge on any atom is 0.338 e. The van der Waals surface area contributed by atoms with E-state index < -0.39 is 12.0 Å². The summed E-state index contributed by atoms with van der Waals surface area (Å²) in [7, 11) is 3.58. The number of carbonyl (C=O) groups excluding carboxylic acids is 2. The number of likely N-dealkylation sites (N-methyl/N-ethyl adjacent to an activating group) is 1. The molecule has 1 saturated heterocycles. The lowest BCUT2D eigenvalue weighted by atomic mass is 9.91. The molecule has 2 aliphatic heterocycles. The number of urea groups is 1. The van der Waals surface area contributed by atoms with Crippen molar-refractivity contribution >= 4 is 12.0 Å². The van der Waals surface area contributed by atoms with E-state index in [2.05, 4.69) is 17.7 Å². The molecule has 2 aliphatic rings. The summed E-state index contributed by atoms with van der Waals surface area (Å²) in [6.45, 7) is 8.82. The molecule has 146 valence electrons. The summed E-state index contributed by atoms with van der Waals surface area (Å²) in [4.78, 5) is 27.9. The minimum absolute atomic E-state index is 0.275. The fourth-order valence-electron chi connectivity index (χ4n) is 3.87. The number of amides is 2. The molecule has 0 bridgehead atoms. The first-order chi connectivity index (χ1) is 12.9. The van der Waals surface area contributed by atoms with Crippen LogP contribution in [0.4, 0.5) is 4.79 Å². The van der Waals surface area contributed by atoms with Gasteiger partial charge < -0.3 is 25.2 Å². The molecule has 0 aromatic heterocycles. The zero-order valence-corrected chi connectivity index (χ0v) is 16.6. The van der Waals surface area contributed by atoms with Gasteiger partial charge in [0, 0.05) is 0 Å². The first-order valence-corrected chi connectivity index (χ1v) is 9.50. The molecule has 4 N–H and O–H groups in total. The number of hydrogen-bond donors (Lipinski definition) is 4. The molecule has 7 nitrogen and oxygen atoms in total. The first kappa shape index (κ1) is 19.4. The van der Waals surface area contributed by atoms with Crippen molar-refractivity contribution in [3.63, 3.8) is 0 Å². The lowest BCUT2D eigenvalue weighted by Crippen LogP contribution is -3.27. The number of piperazine rings is 1. The van der Waals surface area contributed by atoms with Gasteiger partial charge in [-0.05, 0) is 25.0 Å². The van der Waals surface area contributed by atoms with Crippen LogP contribution in [0.25, 0.3) is 0 Å². The number of aryl methyl sites for hydroxylation is 2. The Morgan fingerprint density at radius 2 is 1.93 bits per heavy atom. The van der Waals surface area contributed by atoms with Crippen molar-refractivity contribution in [2.75, 3.05) is 46.9 Å². The van der Waals surface area contributed by atoms with Gasteiger partial charge in [-0.1, -0.05) is 23.8 Å². The average Bonchev–Trinajstić information content (AvgIpc) is 2.64. The van der Waals surface area contributed by atoms with E-state index in [9.17, 15) is 9.59 Å². The smallest absolute Gasteiger partial charge is 0.338 e. The van der Waals surface area contributed by atoms with Crippen LogP contribution in [-0.4, -0.2) is 58.9 Å². The Hall–Kier alpha value is -2.38. The predicted molar refractivity (Wildman–Crippen MR) is 102 cm³/mol. The van der Waals surface area contributed by atoms with Gasteiger partial charge >= 0.3 is 12.0 Å². The van der Waals surface area contributed by atoms with Gasteiger partial charge in [0.15, 0.2) is 0 Å². The van der Waals surface area contributed by atoms with Crippen molar-refractivity contribution in [2.45, 2.75) is 19.9 Å². The standard InChI is InChI=1S/C20H28N4O3/c1-13-5-6-14(2)15(11-13)18-17(19(25)27-4)16(21-20(26)22-18)12-24-9-7-23(3)8-10-24/h5-6,11,18H,7-10,12H2,1-4H3,(H2,21,22,26)/p+2/t18-/m0/s1. The summed E-state index contributed by atoms with van der Waals surface area (Å²) >= 11 is 0. The third-order valence-corrected chi connectivity index (χ3v) is 5.54. The van der Waals surface area contributed by atoms with E-state index in [1.165, 1.54) is 16.9 Å². The topological polar surface area (TPSA) is 76.3 Å². The summed E-state index contributed by atoms with van der Waals surface area (Å²) in [5, 5.41) is 5.79. The van der Waals surface area contributed by atoms with Crippen molar-refractivity contribution in [2.24, 2.45) is 0 Å². The molecule has 0 saturated carbocycles. The van der Waals surface area contributed by atoms with Gasteiger partial charge in [-0.15, -0.1) is 0 Å². The number of esters is 1. The number of methoxy groups -OCH3 is 1. The van der Waals surface area contributed by atoms with Crippen LogP contribution in [0.1, 0.15) is 22.7 Å². The Kier molecular flexibility index (Phi) is 5.82. The van der Waals surface area contributed by atoms with Gasteiger partial charge in [-0.25, -0.2) is 9.59 Å². The van der Waals surface area contributed by atoms with E-state index in [0.29, 0.717) is 17.8 Å². The second-order valence-electron chi connectivity index (χ2n) is 7.66. The van der Waals surface area contributed by atoms with E-state index in [0.717, 1.165) is 42.9 Å². The van der Waals surface area contributed by atoms with Gasteiger partial charge in [0.1, 0.15) is 32.7 Å². The Morgan fingerprint density at radius 1 is 1.22 bits per heavy atom. The van der Waals surface area contributed by atoms with E-state index >= 15 is 0 Å². The van der Waals surface area contributed by atoms with Crippen molar-refractivity contribution in [1.29, 1.82) is 0 Å². The number of carbonyl (C=O) groups is 2. The minimum atomic E-state index is -0.501. The molecule has 2 heterocycles. The van der Waals surface area contributed by atoms with Gasteiger partial charge in [0.2, 0.25) is 0 Å². The molecule has 0 radical (unpaired) electrons. The second-order valence-corrected chi connectivity index (χ2v) is 7.66. The lowest BCUT2D eigenvalue weighted by molar-refractivity contribution is -1.00. The number of benzene rings is 1. The number of rotatable bonds is 4. The third kappa shape index (κ3) is 4.31. The molecule has 0 aliphatic carbocycles. The van der Waals surface area contributed by atoms with Crippen LogP contribution in [0.15, 0.2) is 29.5 Å². The summed E-state index contributed by atoms with van der Waals surface area (Å²) in [5.74, 6) is -0.400. The van der Waals surface area contributed by atoms with E-state index in [1.807, 2.05) is 32.0 Å². The van der Waals surface area contributed by atoms with E-state index in [1.54, 1.807) is 0 Å². The fraction of sp³-hybridized carbons (Fsp3) is 0.500. The van der Waals surface area contributed by atoms with Crippen molar-refractivity contribution in [3.8, 4) is 0 Å². The van der Waals surface area contributed by atoms with Gasteiger partial charge in [0.05, 0.1) is 31.5 Å². The number of quaternary nitrogens is 2. The molecule has 0 unspecified atom stereocenters. The van der Waals surface area contributed by atoms with Crippen LogP contribution in [0.2, 0.25) is 0 Å². The van der Waals surface area contributed by atoms with Gasteiger partial charge in [-0.2, -0.15) is 0 Å². The highest BCUT2D eigenvalue weighted by Gasteiger charge is 2.36. The molecule has 1 aromatic carbocycles. The zero-order valence-electron chi connectivity index (χ0n) is 16.6. The molecule has 2 amide bonds. The molecule has 0 spiro atoms. The van der Waals surface area contributed by atoms with Crippen LogP contribution in [0, 0.1) is 13.8 Å². The number of nitrogens with one attached hydrogen (secondary N) is 4. The quantitative estimate of drug-likeness (QED) is 0.485. The molecule has 1 aromatic rings. The first-order valence-electron chi connectivity index (χ1n) is 9.50. The van der Waals surface area contributed by atoms with Crippen molar-refractivity contribution in [3.05, 3.63) is 46.2 Å². The van der Waals surface area contributed by atoms with Crippen LogP contribution >= 0.6 is 0 Å². The highest BCUT2D eigenvalue weighted by atomic mass is 16.5.